The third-order valence-corrected chi connectivity index (χ3v) is 4.21. The third kappa shape index (κ3) is 2.52. The Bertz CT molecular complexity index is 632. The molecule has 4 heteroatoms. The molecule has 1 heterocycles. The van der Waals surface area contributed by atoms with E-state index in [4.69, 9.17) is 4.74 Å². The first kappa shape index (κ1) is 13.4. The molecule has 1 N–H and O–H groups in total. The van der Waals surface area contributed by atoms with Crippen molar-refractivity contribution >= 4 is 21.6 Å². The lowest BCUT2D eigenvalue weighted by Crippen LogP contribution is -2.28. The Hall–Kier alpha value is -1.55. The average Bonchev–Trinajstić information content (AvgIpc) is 2.46. The van der Waals surface area contributed by atoms with Gasteiger partial charge in [-0.2, -0.15) is 0 Å². The van der Waals surface area contributed by atoms with E-state index in [1.165, 1.54) is 6.07 Å². The van der Waals surface area contributed by atoms with Crippen LogP contribution in [0.1, 0.15) is 18.5 Å². The maximum absolute atomic E-state index is 13.6. The summed E-state index contributed by atoms with van der Waals surface area (Å²) in [5, 5.41) is 3.41. The van der Waals surface area contributed by atoms with Crippen LogP contribution in [-0.2, 0) is 0 Å². The fourth-order valence-corrected chi connectivity index (χ4v) is 2.72. The summed E-state index contributed by atoms with van der Waals surface area (Å²) >= 11 is 3.17. The molecular weight excluding hydrogens is 321 g/mol. The molecule has 20 heavy (non-hydrogen) atoms. The molecule has 0 saturated carbocycles. The Labute approximate surface area is 126 Å². The van der Waals surface area contributed by atoms with Gasteiger partial charge in [-0.05, 0) is 40.2 Å². The number of hydrogen-bond donors (Lipinski definition) is 1. The molecular formula is C16H15BrFNO. The predicted octanol–water partition coefficient (Wildman–Crippen LogP) is 4.77. The number of para-hydroxylation sites is 1. The molecule has 2 nitrogen and oxygen atoms in total. The summed E-state index contributed by atoms with van der Waals surface area (Å²) in [6, 6.07) is 13.2. The van der Waals surface area contributed by atoms with Gasteiger partial charge in [-0.15, -0.1) is 0 Å². The molecule has 0 radical (unpaired) electrons. The molecule has 0 amide bonds. The van der Waals surface area contributed by atoms with Crippen molar-refractivity contribution in [1.82, 2.24) is 0 Å². The van der Waals surface area contributed by atoms with Crippen LogP contribution >= 0.6 is 15.9 Å². The molecule has 2 aromatic rings. The molecule has 0 fully saturated rings. The first-order valence-electron chi connectivity index (χ1n) is 6.58. The molecule has 1 aliphatic rings. The Morgan fingerprint density at radius 3 is 2.85 bits per heavy atom. The van der Waals surface area contributed by atoms with Crippen LogP contribution in [0.25, 0.3) is 0 Å². The number of ether oxygens (including phenoxy) is 1. The first-order chi connectivity index (χ1) is 9.65. The molecule has 0 aliphatic carbocycles. The van der Waals surface area contributed by atoms with E-state index < -0.39 is 0 Å². The summed E-state index contributed by atoms with van der Waals surface area (Å²) in [7, 11) is 0. The van der Waals surface area contributed by atoms with E-state index >= 15 is 0 Å². The summed E-state index contributed by atoms with van der Waals surface area (Å²) in [5.74, 6) is 0.959. The Morgan fingerprint density at radius 1 is 1.25 bits per heavy atom. The Kier molecular flexibility index (Phi) is 3.66. The second-order valence-corrected chi connectivity index (χ2v) is 5.93. The summed E-state index contributed by atoms with van der Waals surface area (Å²) in [5.41, 5.74) is 1.90. The number of hydrogen-bond acceptors (Lipinski definition) is 2. The van der Waals surface area contributed by atoms with Crippen LogP contribution in [0.15, 0.2) is 46.9 Å². The van der Waals surface area contributed by atoms with Gasteiger partial charge in [0.1, 0.15) is 11.6 Å². The van der Waals surface area contributed by atoms with Crippen molar-refractivity contribution in [1.29, 1.82) is 0 Å². The van der Waals surface area contributed by atoms with Gasteiger partial charge in [0.25, 0.3) is 0 Å². The minimum Gasteiger partial charge on any atom is -0.493 e. The smallest absolute Gasteiger partial charge is 0.139 e. The van der Waals surface area contributed by atoms with Crippen molar-refractivity contribution < 1.29 is 9.13 Å². The molecule has 2 aromatic carbocycles. The number of halogens is 2. The van der Waals surface area contributed by atoms with E-state index in [2.05, 4.69) is 34.2 Å². The molecule has 0 spiro atoms. The molecule has 3 rings (SSSR count). The second kappa shape index (κ2) is 5.44. The lowest BCUT2D eigenvalue weighted by atomic mass is 9.92. The highest BCUT2D eigenvalue weighted by Crippen LogP contribution is 2.37. The topological polar surface area (TPSA) is 21.3 Å². The lowest BCUT2D eigenvalue weighted by molar-refractivity contribution is 0.214. The van der Waals surface area contributed by atoms with E-state index in [1.54, 1.807) is 6.07 Å². The van der Waals surface area contributed by atoms with E-state index in [0.717, 1.165) is 17.0 Å². The average molecular weight is 336 g/mol. The zero-order valence-corrected chi connectivity index (χ0v) is 12.7. The first-order valence-corrected chi connectivity index (χ1v) is 7.38. The highest BCUT2D eigenvalue weighted by Gasteiger charge is 2.27. The van der Waals surface area contributed by atoms with Gasteiger partial charge in [0, 0.05) is 17.2 Å². The van der Waals surface area contributed by atoms with Gasteiger partial charge in [0.15, 0.2) is 0 Å². The highest BCUT2D eigenvalue weighted by molar-refractivity contribution is 9.10. The number of anilines is 1. The van der Waals surface area contributed by atoms with Crippen LogP contribution in [0.2, 0.25) is 0 Å². The van der Waals surface area contributed by atoms with Crippen molar-refractivity contribution in [2.24, 2.45) is 5.92 Å². The second-order valence-electron chi connectivity index (χ2n) is 5.08. The highest BCUT2D eigenvalue weighted by atomic mass is 79.9. The zero-order valence-electron chi connectivity index (χ0n) is 11.1. The van der Waals surface area contributed by atoms with Crippen molar-refractivity contribution in [3.05, 3.63) is 58.3 Å². The molecule has 0 bridgehead atoms. The van der Waals surface area contributed by atoms with Gasteiger partial charge in [-0.3, -0.25) is 0 Å². The van der Waals surface area contributed by atoms with Crippen molar-refractivity contribution in [3.8, 4) is 5.75 Å². The van der Waals surface area contributed by atoms with Crippen LogP contribution in [0, 0.1) is 11.7 Å². The third-order valence-electron chi connectivity index (χ3n) is 3.57. The molecule has 0 aromatic heterocycles. The SMILES string of the molecule is CC1COc2ccccc2C1Nc1ccc(Br)c(F)c1. The summed E-state index contributed by atoms with van der Waals surface area (Å²) in [4.78, 5) is 0. The van der Waals surface area contributed by atoms with Gasteiger partial charge in [0.05, 0.1) is 17.1 Å². The number of fused-ring (bicyclic) bond motifs is 1. The van der Waals surface area contributed by atoms with Crippen LogP contribution < -0.4 is 10.1 Å². The molecule has 104 valence electrons. The summed E-state index contributed by atoms with van der Waals surface area (Å²) in [6.07, 6.45) is 0. The van der Waals surface area contributed by atoms with Crippen molar-refractivity contribution in [2.45, 2.75) is 13.0 Å². The molecule has 0 saturated heterocycles. The zero-order chi connectivity index (χ0) is 14.1. The van der Waals surface area contributed by atoms with Crippen molar-refractivity contribution in [2.75, 3.05) is 11.9 Å². The predicted molar refractivity (Wildman–Crippen MR) is 81.6 cm³/mol. The normalized spacial score (nSPS) is 20.9. The van der Waals surface area contributed by atoms with E-state index in [1.807, 2.05) is 24.3 Å². The van der Waals surface area contributed by atoms with Crippen molar-refractivity contribution in [3.63, 3.8) is 0 Å². The standard InChI is InChI=1S/C16H15BrFNO/c1-10-9-20-15-5-3-2-4-12(15)16(10)19-11-6-7-13(17)14(18)8-11/h2-8,10,16,19H,9H2,1H3. The van der Waals surface area contributed by atoms with Gasteiger partial charge in [-0.1, -0.05) is 25.1 Å². The Balaban J connectivity index is 1.91. The van der Waals surface area contributed by atoms with Crippen LogP contribution in [0.4, 0.5) is 10.1 Å². The fourth-order valence-electron chi connectivity index (χ4n) is 2.48. The lowest BCUT2D eigenvalue weighted by Gasteiger charge is -2.32. The maximum Gasteiger partial charge on any atom is 0.139 e. The molecule has 2 atom stereocenters. The maximum atomic E-state index is 13.6. The number of nitrogens with one attached hydrogen (secondary N) is 1. The monoisotopic (exact) mass is 335 g/mol. The summed E-state index contributed by atoms with van der Waals surface area (Å²) < 4.78 is 19.8. The minimum atomic E-state index is -0.261. The van der Waals surface area contributed by atoms with E-state index in [0.29, 0.717) is 17.0 Å². The molecule has 2 unspecified atom stereocenters. The summed E-state index contributed by atoms with van der Waals surface area (Å²) in [6.45, 7) is 2.79. The van der Waals surface area contributed by atoms with E-state index in [-0.39, 0.29) is 11.9 Å². The minimum absolute atomic E-state index is 0.125. The molecule has 1 aliphatic heterocycles. The Morgan fingerprint density at radius 2 is 2.05 bits per heavy atom. The number of benzene rings is 2. The van der Waals surface area contributed by atoms with Crippen LogP contribution in [0.3, 0.4) is 0 Å². The van der Waals surface area contributed by atoms with Gasteiger partial charge >= 0.3 is 0 Å². The van der Waals surface area contributed by atoms with E-state index in [9.17, 15) is 4.39 Å². The number of rotatable bonds is 2. The van der Waals surface area contributed by atoms with Crippen LogP contribution in [-0.4, -0.2) is 6.61 Å². The largest absolute Gasteiger partial charge is 0.493 e. The van der Waals surface area contributed by atoms with Gasteiger partial charge in [0.2, 0.25) is 0 Å². The fraction of sp³-hybridized carbons (Fsp3) is 0.250. The van der Waals surface area contributed by atoms with Crippen LogP contribution in [0.5, 0.6) is 5.75 Å². The quantitative estimate of drug-likeness (QED) is 0.853. The van der Waals surface area contributed by atoms with Gasteiger partial charge in [-0.25, -0.2) is 4.39 Å². The van der Waals surface area contributed by atoms with Gasteiger partial charge < -0.3 is 10.1 Å².